The number of non-ortho nitro benzene ring substituents is 1. The van der Waals surface area contributed by atoms with E-state index >= 15 is 0 Å². The number of aryl methyl sites for hydroxylation is 1. The summed E-state index contributed by atoms with van der Waals surface area (Å²) >= 11 is 2.54. The van der Waals surface area contributed by atoms with Crippen molar-refractivity contribution in [3.05, 3.63) is 130 Å². The number of amides is 1. The smallest absolute Gasteiger partial charge is 0.270 e. The number of nitrogens with one attached hydrogen (secondary N) is 2. The summed E-state index contributed by atoms with van der Waals surface area (Å²) in [5.41, 5.74) is 3.20. The monoisotopic (exact) mass is 616 g/mol. The number of hydrogen-bond acceptors (Lipinski definition) is 8. The molecule has 5 aromatic rings. The maximum absolute atomic E-state index is 13.5. The summed E-state index contributed by atoms with van der Waals surface area (Å²) in [6, 6.07) is 28.8. The van der Waals surface area contributed by atoms with Crippen LogP contribution in [0.25, 0.3) is 11.3 Å². The Hall–Kier alpha value is -4.52. The number of nitro groups is 1. The first kappa shape index (κ1) is 29.0. The van der Waals surface area contributed by atoms with E-state index < -0.39 is 20.2 Å². The van der Waals surface area contributed by atoms with Crippen molar-refractivity contribution in [1.82, 2.24) is 4.98 Å². The number of carbonyl (C=O) groups is 1. The van der Waals surface area contributed by atoms with Crippen molar-refractivity contribution >= 4 is 55.5 Å². The Labute approximate surface area is 250 Å². The van der Waals surface area contributed by atoms with Crippen molar-refractivity contribution in [1.29, 1.82) is 0 Å². The van der Waals surface area contributed by atoms with E-state index in [2.05, 4.69) is 15.0 Å². The van der Waals surface area contributed by atoms with Gasteiger partial charge in [-0.2, -0.15) is 0 Å². The summed E-state index contributed by atoms with van der Waals surface area (Å²) in [6.07, 6.45) is 0. The molecule has 0 aliphatic heterocycles. The van der Waals surface area contributed by atoms with Crippen LogP contribution in [0, 0.1) is 17.0 Å². The van der Waals surface area contributed by atoms with Gasteiger partial charge in [-0.05, 0) is 48.9 Å². The van der Waals surface area contributed by atoms with Crippen LogP contribution in [0.2, 0.25) is 0 Å². The predicted octanol–water partition coefficient (Wildman–Crippen LogP) is 7.30. The van der Waals surface area contributed by atoms with Crippen LogP contribution in [0.3, 0.4) is 0 Å². The standard InChI is InChI=1S/C30H24N4O5S3/c1-20-10-16-26(17-11-20)42(38,39)33-23-12-14-25(15-13-23)41-28(21-6-3-2-4-7-21)29(35)32-30-31-27(19-40-30)22-8-5-9-24(18-22)34(36)37/h2-19,28,33H,1H3,(H,31,32,35). The number of carbonyl (C=O) groups excluding carboxylic acids is 1. The van der Waals surface area contributed by atoms with Crippen LogP contribution < -0.4 is 10.0 Å². The topological polar surface area (TPSA) is 131 Å². The molecule has 0 spiro atoms. The molecule has 0 aliphatic rings. The third-order valence-electron chi connectivity index (χ3n) is 6.12. The lowest BCUT2D eigenvalue weighted by molar-refractivity contribution is -0.384. The van der Waals surface area contributed by atoms with Crippen molar-refractivity contribution in [3.63, 3.8) is 0 Å². The highest BCUT2D eigenvalue weighted by atomic mass is 32.2. The Bertz CT molecular complexity index is 1830. The van der Waals surface area contributed by atoms with Gasteiger partial charge in [-0.1, -0.05) is 60.2 Å². The molecule has 5 rings (SSSR count). The van der Waals surface area contributed by atoms with E-state index in [0.29, 0.717) is 22.1 Å². The zero-order valence-electron chi connectivity index (χ0n) is 22.1. The fraction of sp³-hybridized carbons (Fsp3) is 0.0667. The highest BCUT2D eigenvalue weighted by Gasteiger charge is 2.24. The molecule has 1 atom stereocenters. The molecule has 0 fully saturated rings. The molecule has 1 aromatic heterocycles. The summed E-state index contributed by atoms with van der Waals surface area (Å²) in [4.78, 5) is 29.6. The number of nitrogens with zero attached hydrogens (tertiary/aromatic N) is 2. The first-order chi connectivity index (χ1) is 20.2. The van der Waals surface area contributed by atoms with Gasteiger partial charge in [0.25, 0.3) is 15.7 Å². The van der Waals surface area contributed by atoms with Crippen LogP contribution in [0.4, 0.5) is 16.5 Å². The van der Waals surface area contributed by atoms with Crippen molar-refractivity contribution in [2.24, 2.45) is 0 Å². The molecule has 1 heterocycles. The second-order valence-electron chi connectivity index (χ2n) is 9.19. The number of benzene rings is 4. The van der Waals surface area contributed by atoms with Gasteiger partial charge in [0.05, 0.1) is 15.5 Å². The molecule has 42 heavy (non-hydrogen) atoms. The molecule has 2 N–H and O–H groups in total. The predicted molar refractivity (Wildman–Crippen MR) is 166 cm³/mol. The van der Waals surface area contributed by atoms with Crippen LogP contribution in [0.5, 0.6) is 0 Å². The van der Waals surface area contributed by atoms with Gasteiger partial charge in [0, 0.05) is 33.7 Å². The lowest BCUT2D eigenvalue weighted by Crippen LogP contribution is -2.19. The van der Waals surface area contributed by atoms with Gasteiger partial charge in [-0.15, -0.1) is 23.1 Å². The van der Waals surface area contributed by atoms with Crippen molar-refractivity contribution in [3.8, 4) is 11.3 Å². The molecule has 0 radical (unpaired) electrons. The minimum Gasteiger partial charge on any atom is -0.301 e. The van der Waals surface area contributed by atoms with E-state index in [9.17, 15) is 23.3 Å². The minimum atomic E-state index is -3.74. The maximum Gasteiger partial charge on any atom is 0.270 e. The van der Waals surface area contributed by atoms with Crippen LogP contribution in [-0.2, 0) is 14.8 Å². The van der Waals surface area contributed by atoms with Crippen molar-refractivity contribution in [2.45, 2.75) is 22.0 Å². The van der Waals surface area contributed by atoms with Crippen LogP contribution in [0.1, 0.15) is 16.4 Å². The molecule has 0 bridgehead atoms. The number of aromatic nitrogens is 1. The van der Waals surface area contributed by atoms with Gasteiger partial charge in [0.15, 0.2) is 5.13 Å². The Balaban J connectivity index is 1.31. The second kappa shape index (κ2) is 12.6. The van der Waals surface area contributed by atoms with E-state index in [-0.39, 0.29) is 16.5 Å². The number of rotatable bonds is 10. The molecule has 0 aliphatic carbocycles. The van der Waals surface area contributed by atoms with Gasteiger partial charge >= 0.3 is 0 Å². The quantitative estimate of drug-likeness (QED) is 0.0956. The van der Waals surface area contributed by atoms with Crippen LogP contribution >= 0.6 is 23.1 Å². The fourth-order valence-corrected chi connectivity index (χ4v) is 6.79. The summed E-state index contributed by atoms with van der Waals surface area (Å²) in [5, 5.41) is 15.5. The molecule has 1 unspecified atom stereocenters. The molecule has 4 aromatic carbocycles. The molecule has 9 nitrogen and oxygen atoms in total. The number of thiazole rings is 1. The van der Waals surface area contributed by atoms with Gasteiger partial charge in [-0.25, -0.2) is 13.4 Å². The van der Waals surface area contributed by atoms with E-state index in [4.69, 9.17) is 0 Å². The third kappa shape index (κ3) is 7.03. The lowest BCUT2D eigenvalue weighted by atomic mass is 10.1. The zero-order chi connectivity index (χ0) is 29.7. The highest BCUT2D eigenvalue weighted by Crippen LogP contribution is 2.37. The summed E-state index contributed by atoms with van der Waals surface area (Å²) in [6.45, 7) is 1.89. The Morgan fingerprint density at radius 2 is 1.67 bits per heavy atom. The average molecular weight is 617 g/mol. The maximum atomic E-state index is 13.5. The van der Waals surface area contributed by atoms with Crippen LogP contribution in [0.15, 0.2) is 118 Å². The van der Waals surface area contributed by atoms with Crippen molar-refractivity contribution < 1.29 is 18.1 Å². The summed E-state index contributed by atoms with van der Waals surface area (Å²) < 4.78 is 28.1. The first-order valence-electron chi connectivity index (χ1n) is 12.6. The molecule has 212 valence electrons. The SMILES string of the molecule is Cc1ccc(S(=O)(=O)Nc2ccc(SC(C(=O)Nc3nc(-c4cccc([N+](=O)[O-])c4)cs3)c3ccccc3)cc2)cc1. The Morgan fingerprint density at radius 1 is 0.952 bits per heavy atom. The second-order valence-corrected chi connectivity index (χ2v) is 12.9. The zero-order valence-corrected chi connectivity index (χ0v) is 24.6. The molecule has 0 saturated carbocycles. The largest absolute Gasteiger partial charge is 0.301 e. The number of hydrogen-bond donors (Lipinski definition) is 2. The molecular formula is C30H24N4O5S3. The third-order valence-corrected chi connectivity index (χ3v) is 9.54. The van der Waals surface area contributed by atoms with Gasteiger partial charge in [-0.3, -0.25) is 19.6 Å². The lowest BCUT2D eigenvalue weighted by Gasteiger charge is -2.16. The average Bonchev–Trinajstić information content (AvgIpc) is 3.45. The number of nitro benzene ring substituents is 1. The van der Waals surface area contributed by atoms with Gasteiger partial charge in [0.2, 0.25) is 5.91 Å². The minimum absolute atomic E-state index is 0.0411. The van der Waals surface area contributed by atoms with Gasteiger partial charge < -0.3 is 5.32 Å². The Morgan fingerprint density at radius 3 is 2.36 bits per heavy atom. The number of sulfonamides is 1. The Kier molecular flexibility index (Phi) is 8.67. The fourth-order valence-electron chi connectivity index (χ4n) is 3.98. The molecular weight excluding hydrogens is 593 g/mol. The number of thioether (sulfide) groups is 1. The van der Waals surface area contributed by atoms with E-state index in [0.717, 1.165) is 16.0 Å². The first-order valence-corrected chi connectivity index (χ1v) is 15.8. The summed E-state index contributed by atoms with van der Waals surface area (Å²) in [7, 11) is -3.74. The summed E-state index contributed by atoms with van der Waals surface area (Å²) in [5.74, 6) is -0.296. The molecule has 12 heteroatoms. The number of anilines is 2. The van der Waals surface area contributed by atoms with Crippen LogP contribution in [-0.4, -0.2) is 24.2 Å². The molecule has 1 amide bonds. The molecule has 0 saturated heterocycles. The van der Waals surface area contributed by atoms with E-state index in [1.165, 1.54) is 35.2 Å². The normalized spacial score (nSPS) is 11.9. The van der Waals surface area contributed by atoms with Crippen molar-refractivity contribution in [2.75, 3.05) is 10.0 Å². The highest BCUT2D eigenvalue weighted by molar-refractivity contribution is 8.00. The van der Waals surface area contributed by atoms with E-state index in [1.807, 2.05) is 37.3 Å². The van der Waals surface area contributed by atoms with Gasteiger partial charge in [0.1, 0.15) is 5.25 Å². The van der Waals surface area contributed by atoms with E-state index in [1.54, 1.807) is 66.0 Å².